The number of para-hydroxylation sites is 1. The molecule has 0 radical (unpaired) electrons. The monoisotopic (exact) mass is 582 g/mol. The highest BCUT2D eigenvalue weighted by Crippen LogP contribution is 2.63. The molecule has 0 N–H and O–H groups in total. The molecule has 5 heteroatoms. The van der Waals surface area contributed by atoms with Crippen molar-refractivity contribution in [3.63, 3.8) is 0 Å². The van der Waals surface area contributed by atoms with Crippen LogP contribution in [0.5, 0.6) is 0 Å². The molecule has 4 aromatic carbocycles. The van der Waals surface area contributed by atoms with Gasteiger partial charge in [0.05, 0.1) is 35.3 Å². The van der Waals surface area contributed by atoms with Gasteiger partial charge in [-0.1, -0.05) is 69.0 Å². The zero-order chi connectivity index (χ0) is 30.6. The number of carbonyl (C=O) groups excluding carboxylic acids is 1. The average Bonchev–Trinajstić information content (AvgIpc) is 3.68. The Kier molecular flexibility index (Phi) is 6.86. The first kappa shape index (κ1) is 28.4. The van der Waals surface area contributed by atoms with Crippen molar-refractivity contribution in [3.8, 4) is 6.07 Å². The lowest BCUT2D eigenvalue weighted by Gasteiger charge is -2.46. The van der Waals surface area contributed by atoms with E-state index in [1.54, 1.807) is 0 Å². The minimum atomic E-state index is -0.440. The number of anilines is 1. The third-order valence-electron chi connectivity index (χ3n) is 10.2. The number of furan rings is 1. The Hall–Kier alpha value is -4.40. The third-order valence-corrected chi connectivity index (χ3v) is 10.2. The van der Waals surface area contributed by atoms with Crippen molar-refractivity contribution in [1.29, 1.82) is 5.26 Å². The molecule has 222 valence electrons. The van der Waals surface area contributed by atoms with E-state index in [9.17, 15) is 10.1 Å². The summed E-state index contributed by atoms with van der Waals surface area (Å²) in [7, 11) is 0. The summed E-state index contributed by atoms with van der Waals surface area (Å²) < 4.78 is 12.9. The fourth-order valence-corrected chi connectivity index (χ4v) is 8.38. The average molecular weight is 583 g/mol. The van der Waals surface area contributed by atoms with Crippen LogP contribution in [-0.2, 0) is 16.0 Å². The fraction of sp³-hybridized carbons (Fsp3) is 0.333. The summed E-state index contributed by atoms with van der Waals surface area (Å²) >= 11 is 0. The molecule has 3 aliphatic heterocycles. The van der Waals surface area contributed by atoms with Crippen LogP contribution in [0.3, 0.4) is 0 Å². The molecular formula is C39H38N2O3. The summed E-state index contributed by atoms with van der Waals surface area (Å²) in [6.07, 6.45) is 4.56. The summed E-state index contributed by atoms with van der Waals surface area (Å²) in [6.45, 7) is 11.0. The van der Waals surface area contributed by atoms with E-state index in [2.05, 4.69) is 48.7 Å². The second-order valence-corrected chi connectivity index (χ2v) is 12.6. The van der Waals surface area contributed by atoms with Gasteiger partial charge in [0.15, 0.2) is 5.78 Å². The van der Waals surface area contributed by atoms with Gasteiger partial charge in [-0.3, -0.25) is 4.79 Å². The van der Waals surface area contributed by atoms with Crippen molar-refractivity contribution in [2.75, 3.05) is 11.4 Å². The van der Waals surface area contributed by atoms with E-state index < -0.39 is 11.2 Å². The highest BCUT2D eigenvalue weighted by Gasteiger charge is 2.69. The van der Waals surface area contributed by atoms with Crippen molar-refractivity contribution in [1.82, 2.24) is 0 Å². The zero-order valence-corrected chi connectivity index (χ0v) is 25.7. The third kappa shape index (κ3) is 4.19. The van der Waals surface area contributed by atoms with Crippen molar-refractivity contribution in [2.24, 2.45) is 11.8 Å². The van der Waals surface area contributed by atoms with E-state index in [1.807, 2.05) is 68.4 Å². The predicted molar refractivity (Wildman–Crippen MR) is 177 cm³/mol. The number of hydrogen-bond acceptors (Lipinski definition) is 5. The highest BCUT2D eigenvalue weighted by molar-refractivity contribution is 6.05. The quantitative estimate of drug-likeness (QED) is 0.207. The van der Waals surface area contributed by atoms with Gasteiger partial charge < -0.3 is 14.1 Å². The molecule has 3 aliphatic rings. The Balaban J connectivity index is 0.00000153. The molecule has 44 heavy (non-hydrogen) atoms. The van der Waals surface area contributed by atoms with Gasteiger partial charge in [0, 0.05) is 38.8 Å². The number of nitrogens with zero attached hydrogens (tertiary/aromatic N) is 2. The number of ether oxygens (including phenoxy) is 1. The summed E-state index contributed by atoms with van der Waals surface area (Å²) in [5.74, 6) is -0.00366. The topological polar surface area (TPSA) is 66.5 Å². The van der Waals surface area contributed by atoms with Gasteiger partial charge in [-0.2, -0.15) is 5.26 Å². The maximum Gasteiger partial charge on any atom is 0.159 e. The van der Waals surface area contributed by atoms with Gasteiger partial charge >= 0.3 is 0 Å². The van der Waals surface area contributed by atoms with Crippen LogP contribution >= 0.6 is 0 Å². The maximum atomic E-state index is 14.1. The van der Waals surface area contributed by atoms with Crippen LogP contribution in [0.25, 0.3) is 32.7 Å². The number of piperidine rings is 1. The van der Waals surface area contributed by atoms with Crippen LogP contribution in [0, 0.1) is 23.2 Å². The van der Waals surface area contributed by atoms with Crippen LogP contribution in [0.1, 0.15) is 57.6 Å². The van der Waals surface area contributed by atoms with Gasteiger partial charge in [-0.25, -0.2) is 0 Å². The van der Waals surface area contributed by atoms with Gasteiger partial charge in [0.25, 0.3) is 0 Å². The van der Waals surface area contributed by atoms with Gasteiger partial charge in [0.2, 0.25) is 0 Å². The number of fused-ring (bicyclic) bond motifs is 9. The molecular weight excluding hydrogens is 544 g/mol. The normalized spacial score (nSPS) is 25.7. The molecule has 4 heterocycles. The molecule has 4 atom stereocenters. The molecule has 8 rings (SSSR count). The van der Waals surface area contributed by atoms with Gasteiger partial charge in [-0.15, -0.1) is 0 Å². The first-order valence-corrected chi connectivity index (χ1v) is 15.9. The molecule has 3 saturated heterocycles. The number of benzene rings is 4. The molecule has 5 aromatic rings. The molecule has 0 unspecified atom stereocenters. The summed E-state index contributed by atoms with van der Waals surface area (Å²) in [5, 5.41) is 13.8. The molecule has 0 amide bonds. The second-order valence-electron chi connectivity index (χ2n) is 12.6. The number of Topliss-reactive ketones (excluding diaryl/α,β-unsaturated/α-hetero) is 1. The zero-order valence-electron chi connectivity index (χ0n) is 25.7. The first-order chi connectivity index (χ1) is 21.4. The van der Waals surface area contributed by atoms with E-state index in [4.69, 9.17) is 9.15 Å². The lowest BCUT2D eigenvalue weighted by Crippen LogP contribution is -2.54. The Bertz CT molecular complexity index is 1980. The Morgan fingerprint density at radius 3 is 2.43 bits per heavy atom. The molecule has 0 saturated carbocycles. The fourth-order valence-electron chi connectivity index (χ4n) is 8.38. The number of nitriles is 1. The summed E-state index contributed by atoms with van der Waals surface area (Å²) in [5.41, 5.74) is 4.78. The molecule has 0 spiro atoms. The van der Waals surface area contributed by atoms with Crippen molar-refractivity contribution in [3.05, 3.63) is 102 Å². The number of ketones is 1. The number of rotatable bonds is 5. The lowest BCUT2D eigenvalue weighted by molar-refractivity contribution is -0.129. The van der Waals surface area contributed by atoms with Crippen molar-refractivity contribution < 1.29 is 13.9 Å². The van der Waals surface area contributed by atoms with E-state index in [1.165, 1.54) is 5.56 Å². The first-order valence-electron chi connectivity index (χ1n) is 15.9. The number of aryl methyl sites for hydroxylation is 1. The van der Waals surface area contributed by atoms with Crippen LogP contribution in [-0.4, -0.2) is 23.5 Å². The predicted octanol–water partition coefficient (Wildman–Crippen LogP) is 9.12. The molecule has 2 bridgehead atoms. The lowest BCUT2D eigenvalue weighted by atomic mass is 9.61. The van der Waals surface area contributed by atoms with Crippen molar-refractivity contribution in [2.45, 2.75) is 64.1 Å². The molecule has 3 fully saturated rings. The minimum absolute atomic E-state index is 0.0597. The number of hydrogen-bond donors (Lipinski definition) is 0. The smallest absolute Gasteiger partial charge is 0.159 e. The van der Waals surface area contributed by atoms with Gasteiger partial charge in [-0.05, 0) is 74.9 Å². The van der Waals surface area contributed by atoms with Crippen LogP contribution in [0.2, 0.25) is 0 Å². The van der Waals surface area contributed by atoms with E-state index in [0.717, 1.165) is 76.2 Å². The standard InChI is InChI=1S/C37H32N2O3.C2H6/c1-23-34-35(31(40)22-39(23)30-15-14-25(21-38)26-9-3-4-10-27(26)30)37(19-18-36(34,2)42-37)17-7-8-24-13-16-33-29(20-24)28-11-5-6-12-32(28)41-33;1-2/h3-6,9-16,20,34-35H,1,7-8,17-19,22H2,2H3;1-2H3/t34-,35+,36+,37-;/m0./s1. The maximum absolute atomic E-state index is 14.1. The highest BCUT2D eigenvalue weighted by atomic mass is 16.5. The minimum Gasteiger partial charge on any atom is -0.456 e. The summed E-state index contributed by atoms with van der Waals surface area (Å²) in [4.78, 5) is 16.1. The number of carbonyl (C=O) groups is 1. The van der Waals surface area contributed by atoms with E-state index in [0.29, 0.717) is 5.56 Å². The van der Waals surface area contributed by atoms with Crippen LogP contribution < -0.4 is 4.90 Å². The molecule has 1 aromatic heterocycles. The Morgan fingerprint density at radius 1 is 0.909 bits per heavy atom. The van der Waals surface area contributed by atoms with E-state index >= 15 is 0 Å². The summed E-state index contributed by atoms with van der Waals surface area (Å²) in [6, 6.07) is 28.7. The van der Waals surface area contributed by atoms with Crippen LogP contribution in [0.15, 0.2) is 95.6 Å². The second kappa shape index (κ2) is 10.6. The van der Waals surface area contributed by atoms with Gasteiger partial charge in [0.1, 0.15) is 11.2 Å². The Morgan fingerprint density at radius 2 is 1.64 bits per heavy atom. The SMILES string of the molecule is C=C1[C@H]2[C@@H](C(=O)CN1c1ccc(C#N)c3ccccc13)[C@]1(CCCc3ccc4oc5ccccc5c4c3)CC[C@@]2(C)O1.CC. The van der Waals surface area contributed by atoms with Crippen LogP contribution in [0.4, 0.5) is 5.69 Å². The van der Waals surface area contributed by atoms with Crippen molar-refractivity contribution >= 4 is 44.2 Å². The largest absolute Gasteiger partial charge is 0.456 e. The van der Waals surface area contributed by atoms with E-state index in [-0.39, 0.29) is 24.2 Å². The molecule has 5 nitrogen and oxygen atoms in total. The Labute approximate surface area is 258 Å². The molecule has 0 aliphatic carbocycles.